The fourth-order valence-electron chi connectivity index (χ4n) is 1.15. The lowest BCUT2D eigenvalue weighted by Gasteiger charge is -1.99. The molecule has 2 heterocycles. The van der Waals surface area contributed by atoms with Crippen molar-refractivity contribution in [2.45, 2.75) is 13.1 Å². The Balaban J connectivity index is 1.78. The zero-order valence-corrected chi connectivity index (χ0v) is 9.86. The molecule has 2 N–H and O–H groups in total. The topological polar surface area (TPSA) is 40.7 Å². The van der Waals surface area contributed by atoms with Gasteiger partial charge in [-0.2, -0.15) is 0 Å². The zero-order valence-electron chi connectivity index (χ0n) is 7.46. The molecule has 0 saturated heterocycles. The van der Waals surface area contributed by atoms with Crippen molar-refractivity contribution in [3.8, 4) is 0 Å². The molecule has 74 valence electrons. The van der Waals surface area contributed by atoms with E-state index >= 15 is 0 Å². The Hall–Kier alpha value is -0.650. The van der Waals surface area contributed by atoms with E-state index < -0.39 is 0 Å². The van der Waals surface area contributed by atoms with E-state index in [0.717, 1.165) is 18.9 Å². The standard InChI is InChI=1S/C9H10BrN3S/c10-8-2-1-7(14-8)5-11-6-9-12-3-4-13-9/h1-4,11H,5-6H2,(H,12,13). The lowest BCUT2D eigenvalue weighted by atomic mass is 10.4. The number of aromatic amines is 1. The number of halogens is 1. The van der Waals surface area contributed by atoms with Gasteiger partial charge in [0.1, 0.15) is 5.82 Å². The lowest BCUT2D eigenvalue weighted by Crippen LogP contribution is -2.12. The van der Waals surface area contributed by atoms with Gasteiger partial charge in [0.05, 0.1) is 10.3 Å². The molecule has 2 aromatic rings. The SMILES string of the molecule is Brc1ccc(CNCc2ncc[nH]2)s1. The third-order valence-electron chi connectivity index (χ3n) is 1.78. The summed E-state index contributed by atoms with van der Waals surface area (Å²) < 4.78 is 1.17. The maximum absolute atomic E-state index is 4.13. The van der Waals surface area contributed by atoms with Crippen LogP contribution in [0.5, 0.6) is 0 Å². The van der Waals surface area contributed by atoms with Crippen LogP contribution in [0.1, 0.15) is 10.7 Å². The molecule has 0 fully saturated rings. The third kappa shape index (κ3) is 2.67. The first kappa shape index (κ1) is 9.89. The molecule has 0 aliphatic rings. The van der Waals surface area contributed by atoms with Crippen LogP contribution in [0.4, 0.5) is 0 Å². The van der Waals surface area contributed by atoms with Crippen molar-refractivity contribution in [1.82, 2.24) is 15.3 Å². The highest BCUT2D eigenvalue weighted by molar-refractivity contribution is 9.11. The fraction of sp³-hybridized carbons (Fsp3) is 0.222. The van der Waals surface area contributed by atoms with Gasteiger partial charge >= 0.3 is 0 Å². The molecule has 0 atom stereocenters. The van der Waals surface area contributed by atoms with Gasteiger partial charge in [0.2, 0.25) is 0 Å². The minimum Gasteiger partial charge on any atom is -0.348 e. The molecule has 0 aliphatic carbocycles. The first-order chi connectivity index (χ1) is 6.84. The number of nitrogens with zero attached hydrogens (tertiary/aromatic N) is 1. The van der Waals surface area contributed by atoms with Crippen LogP contribution in [0, 0.1) is 0 Å². The number of hydrogen-bond donors (Lipinski definition) is 2. The maximum Gasteiger partial charge on any atom is 0.120 e. The summed E-state index contributed by atoms with van der Waals surface area (Å²) in [6.07, 6.45) is 3.59. The Morgan fingerprint density at radius 2 is 2.36 bits per heavy atom. The van der Waals surface area contributed by atoms with Gasteiger partial charge in [0.15, 0.2) is 0 Å². The number of aromatic nitrogens is 2. The predicted molar refractivity (Wildman–Crippen MR) is 61.2 cm³/mol. The number of rotatable bonds is 4. The normalized spacial score (nSPS) is 10.6. The molecule has 0 bridgehead atoms. The van der Waals surface area contributed by atoms with Crippen molar-refractivity contribution >= 4 is 27.3 Å². The largest absolute Gasteiger partial charge is 0.348 e. The number of thiophene rings is 1. The third-order valence-corrected chi connectivity index (χ3v) is 3.40. The van der Waals surface area contributed by atoms with Crippen LogP contribution in [-0.4, -0.2) is 9.97 Å². The monoisotopic (exact) mass is 271 g/mol. The number of H-pyrrole nitrogens is 1. The molecule has 3 nitrogen and oxygen atoms in total. The summed E-state index contributed by atoms with van der Waals surface area (Å²) in [6.45, 7) is 1.67. The van der Waals surface area contributed by atoms with Crippen molar-refractivity contribution in [3.63, 3.8) is 0 Å². The molecule has 0 unspecified atom stereocenters. The van der Waals surface area contributed by atoms with Gasteiger partial charge in [-0.15, -0.1) is 11.3 Å². The van der Waals surface area contributed by atoms with E-state index in [9.17, 15) is 0 Å². The van der Waals surface area contributed by atoms with E-state index in [1.807, 2.05) is 6.20 Å². The predicted octanol–water partition coefficient (Wildman–Crippen LogP) is 2.52. The summed E-state index contributed by atoms with van der Waals surface area (Å²) in [7, 11) is 0. The first-order valence-corrected chi connectivity index (χ1v) is 5.89. The molecular formula is C9H10BrN3S. The average molecular weight is 272 g/mol. The number of nitrogens with one attached hydrogen (secondary N) is 2. The van der Waals surface area contributed by atoms with Crippen molar-refractivity contribution in [3.05, 3.63) is 39.0 Å². The summed E-state index contributed by atoms with van der Waals surface area (Å²) in [5.41, 5.74) is 0. The van der Waals surface area contributed by atoms with Crippen LogP contribution in [0.3, 0.4) is 0 Å². The Morgan fingerprint density at radius 1 is 1.43 bits per heavy atom. The minimum absolute atomic E-state index is 0.780. The van der Waals surface area contributed by atoms with Crippen LogP contribution in [0.15, 0.2) is 28.3 Å². The highest BCUT2D eigenvalue weighted by Crippen LogP contribution is 2.21. The average Bonchev–Trinajstić information content (AvgIpc) is 2.77. The summed E-state index contributed by atoms with van der Waals surface area (Å²) in [5.74, 6) is 0.973. The molecule has 2 rings (SSSR count). The fourth-order valence-corrected chi connectivity index (χ4v) is 2.60. The Labute approximate surface area is 94.7 Å². The summed E-state index contributed by atoms with van der Waals surface area (Å²) in [6, 6.07) is 4.18. The van der Waals surface area contributed by atoms with Gasteiger partial charge in [-0.05, 0) is 28.1 Å². The molecular weight excluding hydrogens is 262 g/mol. The Kier molecular flexibility index (Phi) is 3.34. The smallest absolute Gasteiger partial charge is 0.120 e. The van der Waals surface area contributed by atoms with Crippen molar-refractivity contribution < 1.29 is 0 Å². The second kappa shape index (κ2) is 4.72. The molecule has 2 aromatic heterocycles. The van der Waals surface area contributed by atoms with Gasteiger partial charge in [-0.3, -0.25) is 0 Å². The zero-order chi connectivity index (χ0) is 9.80. The molecule has 0 amide bonds. The summed E-state index contributed by atoms with van der Waals surface area (Å²) in [5, 5.41) is 3.31. The highest BCUT2D eigenvalue weighted by atomic mass is 79.9. The second-order valence-corrected chi connectivity index (χ2v) is 5.39. The van der Waals surface area contributed by atoms with Crippen LogP contribution in [0.2, 0.25) is 0 Å². The van der Waals surface area contributed by atoms with Gasteiger partial charge in [0, 0.05) is 23.8 Å². The molecule has 5 heteroatoms. The first-order valence-electron chi connectivity index (χ1n) is 4.28. The molecule has 14 heavy (non-hydrogen) atoms. The maximum atomic E-state index is 4.13. The van der Waals surface area contributed by atoms with E-state index in [1.54, 1.807) is 17.5 Å². The van der Waals surface area contributed by atoms with Gasteiger partial charge < -0.3 is 10.3 Å². The lowest BCUT2D eigenvalue weighted by molar-refractivity contribution is 0.675. The highest BCUT2D eigenvalue weighted by Gasteiger charge is 1.98. The van der Waals surface area contributed by atoms with E-state index in [0.29, 0.717) is 0 Å². The van der Waals surface area contributed by atoms with E-state index in [2.05, 4.69) is 43.3 Å². The van der Waals surface area contributed by atoms with E-state index in [4.69, 9.17) is 0 Å². The van der Waals surface area contributed by atoms with Crippen molar-refractivity contribution in [2.75, 3.05) is 0 Å². The molecule has 0 saturated carbocycles. The second-order valence-electron chi connectivity index (χ2n) is 2.85. The van der Waals surface area contributed by atoms with Crippen LogP contribution >= 0.6 is 27.3 Å². The van der Waals surface area contributed by atoms with Crippen LogP contribution in [0.25, 0.3) is 0 Å². The summed E-state index contributed by atoms with van der Waals surface area (Å²) >= 11 is 5.18. The van der Waals surface area contributed by atoms with Gasteiger partial charge in [-0.25, -0.2) is 4.98 Å². The van der Waals surface area contributed by atoms with E-state index in [1.165, 1.54) is 8.66 Å². The minimum atomic E-state index is 0.780. The molecule has 0 aromatic carbocycles. The number of hydrogen-bond acceptors (Lipinski definition) is 3. The number of imidazole rings is 1. The van der Waals surface area contributed by atoms with Crippen LogP contribution < -0.4 is 5.32 Å². The van der Waals surface area contributed by atoms with Gasteiger partial charge in [-0.1, -0.05) is 0 Å². The van der Waals surface area contributed by atoms with Crippen molar-refractivity contribution in [2.24, 2.45) is 0 Å². The molecule has 0 aliphatic heterocycles. The Bertz CT molecular complexity index is 382. The molecule has 0 spiro atoms. The van der Waals surface area contributed by atoms with Crippen molar-refractivity contribution in [1.29, 1.82) is 0 Å². The Morgan fingerprint density at radius 3 is 3.00 bits per heavy atom. The quantitative estimate of drug-likeness (QED) is 0.897. The van der Waals surface area contributed by atoms with Crippen LogP contribution in [-0.2, 0) is 13.1 Å². The summed E-state index contributed by atoms with van der Waals surface area (Å²) in [4.78, 5) is 8.50. The van der Waals surface area contributed by atoms with Gasteiger partial charge in [0.25, 0.3) is 0 Å². The molecule has 0 radical (unpaired) electrons. The van der Waals surface area contributed by atoms with E-state index in [-0.39, 0.29) is 0 Å².